The second-order valence-corrected chi connectivity index (χ2v) is 12.3. The van der Waals surface area contributed by atoms with Crippen LogP contribution >= 0.6 is 0 Å². The van der Waals surface area contributed by atoms with Gasteiger partial charge in [0.2, 0.25) is 0 Å². The Hall–Kier alpha value is -3.38. The molecule has 2 aromatic carbocycles. The van der Waals surface area contributed by atoms with Crippen molar-refractivity contribution in [2.75, 3.05) is 70.5 Å². The molecule has 2 fully saturated rings. The van der Waals surface area contributed by atoms with Gasteiger partial charge in [-0.15, -0.1) is 0 Å². The highest BCUT2D eigenvalue weighted by Gasteiger charge is 2.41. The van der Waals surface area contributed by atoms with Crippen molar-refractivity contribution in [1.29, 1.82) is 5.26 Å². The summed E-state index contributed by atoms with van der Waals surface area (Å²) in [7, 11) is 0. The van der Waals surface area contributed by atoms with Crippen molar-refractivity contribution >= 4 is 22.4 Å². The zero-order valence-corrected chi connectivity index (χ0v) is 25.5. The molecular weight excluding hydrogens is 526 g/mol. The number of ketones is 1. The lowest BCUT2D eigenvalue weighted by molar-refractivity contribution is 0.0115. The van der Waals surface area contributed by atoms with E-state index in [0.717, 1.165) is 105 Å². The molecule has 6 rings (SSSR count). The van der Waals surface area contributed by atoms with E-state index >= 15 is 0 Å². The average molecular weight is 570 g/mol. The number of anilines is 1. The first-order chi connectivity index (χ1) is 20.3. The number of piperidine rings is 1. The van der Waals surface area contributed by atoms with Crippen molar-refractivity contribution < 1.29 is 14.3 Å². The van der Waals surface area contributed by atoms with Crippen LogP contribution in [0.25, 0.3) is 10.9 Å². The van der Waals surface area contributed by atoms with Gasteiger partial charge < -0.3 is 24.3 Å². The summed E-state index contributed by atoms with van der Waals surface area (Å²) >= 11 is 0. The molecule has 0 radical (unpaired) electrons. The van der Waals surface area contributed by atoms with Gasteiger partial charge in [0.05, 0.1) is 36.1 Å². The first-order valence-electron chi connectivity index (χ1n) is 15.6. The number of likely N-dealkylation sites (N-methyl/N-ethyl adjacent to an activating group) is 1. The van der Waals surface area contributed by atoms with Crippen LogP contribution in [0.5, 0.6) is 5.75 Å². The summed E-state index contributed by atoms with van der Waals surface area (Å²) in [5.41, 5.74) is 5.42. The van der Waals surface area contributed by atoms with Crippen molar-refractivity contribution in [2.24, 2.45) is 0 Å². The number of H-pyrrole nitrogens is 1. The molecule has 222 valence electrons. The molecule has 8 heteroatoms. The maximum atomic E-state index is 14.2. The fourth-order valence-corrected chi connectivity index (χ4v) is 7.12. The fraction of sp³-hybridized carbons (Fsp3) is 0.529. The van der Waals surface area contributed by atoms with Crippen LogP contribution < -0.4 is 9.64 Å². The highest BCUT2D eigenvalue weighted by Crippen LogP contribution is 2.47. The number of hydrogen-bond acceptors (Lipinski definition) is 7. The molecule has 3 heterocycles. The first-order valence-corrected chi connectivity index (χ1v) is 15.6. The molecule has 3 aliphatic rings. The first kappa shape index (κ1) is 28.7. The van der Waals surface area contributed by atoms with Gasteiger partial charge in [0.25, 0.3) is 0 Å². The summed E-state index contributed by atoms with van der Waals surface area (Å²) in [5, 5.41) is 10.3. The van der Waals surface area contributed by atoms with Crippen molar-refractivity contribution in [3.63, 3.8) is 0 Å². The van der Waals surface area contributed by atoms with Gasteiger partial charge in [-0.1, -0.05) is 33.8 Å². The smallest absolute Gasteiger partial charge is 0.195 e. The molecule has 1 N–H and O–H groups in total. The number of fused-ring (bicyclic) bond motifs is 4. The lowest BCUT2D eigenvalue weighted by Crippen LogP contribution is -2.49. The highest BCUT2D eigenvalue weighted by molar-refractivity contribution is 6.20. The molecular formula is C34H43N5O3. The number of aromatic amines is 1. The molecule has 1 aromatic heterocycles. The number of hydrogen-bond donors (Lipinski definition) is 1. The number of carbonyl (C=O) groups excluding carboxylic acids is 1. The second kappa shape index (κ2) is 11.7. The Morgan fingerprint density at radius 1 is 1.10 bits per heavy atom. The highest BCUT2D eigenvalue weighted by atomic mass is 16.5. The van der Waals surface area contributed by atoms with Gasteiger partial charge in [-0.2, -0.15) is 5.26 Å². The molecule has 42 heavy (non-hydrogen) atoms. The summed E-state index contributed by atoms with van der Waals surface area (Å²) < 4.78 is 12.1. The molecule has 0 spiro atoms. The average Bonchev–Trinajstić information content (AvgIpc) is 3.42. The van der Waals surface area contributed by atoms with Gasteiger partial charge in [-0.25, -0.2) is 0 Å². The van der Waals surface area contributed by atoms with Gasteiger partial charge in [0.1, 0.15) is 12.4 Å². The van der Waals surface area contributed by atoms with Gasteiger partial charge in [-0.3, -0.25) is 9.69 Å². The quantitative estimate of drug-likeness (QED) is 0.412. The number of aromatic nitrogens is 1. The van der Waals surface area contributed by atoms with E-state index in [2.05, 4.69) is 59.5 Å². The Morgan fingerprint density at radius 2 is 1.83 bits per heavy atom. The minimum Gasteiger partial charge on any atom is -0.490 e. The third kappa shape index (κ3) is 5.08. The van der Waals surface area contributed by atoms with Crippen molar-refractivity contribution in [1.82, 2.24) is 14.8 Å². The molecule has 0 atom stereocenters. The maximum absolute atomic E-state index is 14.2. The predicted octanol–water partition coefficient (Wildman–Crippen LogP) is 4.93. The van der Waals surface area contributed by atoms with E-state index in [9.17, 15) is 10.1 Å². The molecule has 2 saturated heterocycles. The Kier molecular flexibility index (Phi) is 8.01. The van der Waals surface area contributed by atoms with Crippen molar-refractivity contribution in [3.8, 4) is 11.8 Å². The van der Waals surface area contributed by atoms with Crippen LogP contribution in [-0.4, -0.2) is 92.2 Å². The monoisotopic (exact) mass is 569 g/mol. The van der Waals surface area contributed by atoms with Crippen LogP contribution in [0.3, 0.4) is 0 Å². The van der Waals surface area contributed by atoms with Crippen molar-refractivity contribution in [3.05, 3.63) is 58.3 Å². The molecule has 0 unspecified atom stereocenters. The lowest BCUT2D eigenvalue weighted by atomic mass is 9.71. The van der Waals surface area contributed by atoms with Crippen molar-refractivity contribution in [2.45, 2.75) is 52.0 Å². The summed E-state index contributed by atoms with van der Waals surface area (Å²) in [6.07, 6.45) is 2.21. The maximum Gasteiger partial charge on any atom is 0.195 e. The number of rotatable bonds is 8. The largest absolute Gasteiger partial charge is 0.490 e. The van der Waals surface area contributed by atoms with Crippen LogP contribution in [-0.2, 0) is 10.2 Å². The Labute approximate surface area is 249 Å². The number of benzene rings is 2. The zero-order chi connectivity index (χ0) is 29.4. The third-order valence-corrected chi connectivity index (χ3v) is 9.72. The number of nitriles is 1. The second-order valence-electron chi connectivity index (χ2n) is 12.3. The molecule has 0 saturated carbocycles. The van der Waals surface area contributed by atoms with Gasteiger partial charge in [0, 0.05) is 66.3 Å². The van der Waals surface area contributed by atoms with Gasteiger partial charge in [-0.05, 0) is 55.8 Å². The third-order valence-electron chi connectivity index (χ3n) is 9.72. The predicted molar refractivity (Wildman–Crippen MR) is 166 cm³/mol. The summed E-state index contributed by atoms with van der Waals surface area (Å²) in [5.74, 6) is 0.811. The lowest BCUT2D eigenvalue weighted by Gasteiger charge is -2.42. The van der Waals surface area contributed by atoms with E-state index in [0.29, 0.717) is 29.3 Å². The summed E-state index contributed by atoms with van der Waals surface area (Å²) in [6, 6.07) is 12.6. The van der Waals surface area contributed by atoms with Crippen LogP contribution in [0, 0.1) is 11.3 Å². The Bertz CT molecular complexity index is 1500. The molecule has 3 aromatic rings. The minimum absolute atomic E-state index is 0.0152. The number of nitrogens with one attached hydrogen (secondary N) is 1. The fourth-order valence-electron chi connectivity index (χ4n) is 7.12. The van der Waals surface area contributed by atoms with E-state index in [-0.39, 0.29) is 5.78 Å². The van der Waals surface area contributed by atoms with E-state index in [1.807, 2.05) is 18.2 Å². The number of morpholine rings is 1. The van der Waals surface area contributed by atoms with E-state index < -0.39 is 5.41 Å². The van der Waals surface area contributed by atoms with Crippen LogP contribution in [0.4, 0.5) is 5.69 Å². The molecule has 0 bridgehead atoms. The zero-order valence-electron chi connectivity index (χ0n) is 25.5. The topological polar surface area (TPSA) is 84.8 Å². The Morgan fingerprint density at radius 3 is 2.52 bits per heavy atom. The number of nitrogens with zero attached hydrogens (tertiary/aromatic N) is 4. The van der Waals surface area contributed by atoms with E-state index in [1.165, 1.54) is 0 Å². The summed E-state index contributed by atoms with van der Waals surface area (Å²) in [4.78, 5) is 25.1. The number of ether oxygens (including phenoxy) is 2. The molecule has 8 nitrogen and oxygen atoms in total. The molecule has 0 amide bonds. The number of carbonyl (C=O) groups is 1. The Balaban J connectivity index is 1.36. The minimum atomic E-state index is -0.426. The molecule has 2 aliphatic heterocycles. The van der Waals surface area contributed by atoms with Gasteiger partial charge >= 0.3 is 0 Å². The molecule has 1 aliphatic carbocycles. The van der Waals surface area contributed by atoms with Crippen LogP contribution in [0.2, 0.25) is 0 Å². The standard InChI is InChI=1S/C34H43N5O3/c1-5-37(6-2)13-18-42-30-20-26-27(21-29(30)39-11-9-24(10-12-39)38-14-16-41-17-15-38)34(3,4)33-31(32(26)40)25-8-7-23(22-35)19-28(25)36-33/h7-8,19-21,24,36H,5-6,9-18H2,1-4H3. The van der Waals surface area contributed by atoms with Crippen LogP contribution in [0.15, 0.2) is 30.3 Å². The van der Waals surface area contributed by atoms with E-state index in [1.54, 1.807) is 6.07 Å². The van der Waals surface area contributed by atoms with Crippen LogP contribution in [0.1, 0.15) is 73.3 Å². The summed E-state index contributed by atoms with van der Waals surface area (Å²) in [6.45, 7) is 17.7. The van der Waals surface area contributed by atoms with Gasteiger partial charge in [0.15, 0.2) is 5.78 Å². The normalized spacial score (nSPS) is 19.1. The van der Waals surface area contributed by atoms with E-state index in [4.69, 9.17) is 9.47 Å². The SMILES string of the molecule is CCN(CC)CCOc1cc2c(cc1N1CCC(N3CCOCC3)CC1)C(C)(C)c1[nH]c3cc(C#N)ccc3c1C2=O.